The van der Waals surface area contributed by atoms with Crippen molar-refractivity contribution in [2.24, 2.45) is 5.92 Å². The Kier molecular flexibility index (Phi) is 5.20. The van der Waals surface area contributed by atoms with Gasteiger partial charge in [0.2, 0.25) is 5.91 Å². The monoisotopic (exact) mass is 311 g/mol. The smallest absolute Gasteiger partial charge is 0.330 e. The summed E-state index contributed by atoms with van der Waals surface area (Å²) in [5.74, 6) is -1.54. The molecule has 2 N–H and O–H groups in total. The SMILES string of the molecule is CC1CC(C(=O)NC(C(=O)O)c2ccc(Cl)cc2)CCO1. The Bertz CT molecular complexity index is 517. The summed E-state index contributed by atoms with van der Waals surface area (Å²) >= 11 is 5.79. The van der Waals surface area contributed by atoms with Crippen LogP contribution in [0.3, 0.4) is 0 Å². The van der Waals surface area contributed by atoms with Crippen LogP contribution >= 0.6 is 11.6 Å². The Labute approximate surface area is 128 Å². The van der Waals surface area contributed by atoms with Gasteiger partial charge in [-0.05, 0) is 37.5 Å². The minimum absolute atomic E-state index is 0.0216. The summed E-state index contributed by atoms with van der Waals surface area (Å²) in [4.78, 5) is 23.6. The Morgan fingerprint density at radius 1 is 1.38 bits per heavy atom. The molecule has 0 saturated carbocycles. The Morgan fingerprint density at radius 3 is 2.62 bits per heavy atom. The molecule has 1 aromatic carbocycles. The summed E-state index contributed by atoms with van der Waals surface area (Å²) in [6.45, 7) is 2.44. The predicted molar refractivity (Wildman–Crippen MR) is 78.1 cm³/mol. The molecule has 1 aliphatic heterocycles. The molecule has 5 nitrogen and oxygen atoms in total. The van der Waals surface area contributed by atoms with Gasteiger partial charge in [-0.3, -0.25) is 4.79 Å². The van der Waals surface area contributed by atoms with Gasteiger partial charge in [0, 0.05) is 17.5 Å². The zero-order chi connectivity index (χ0) is 15.4. The number of hydrogen-bond donors (Lipinski definition) is 2. The van der Waals surface area contributed by atoms with Crippen molar-refractivity contribution >= 4 is 23.5 Å². The molecule has 3 atom stereocenters. The van der Waals surface area contributed by atoms with E-state index < -0.39 is 12.0 Å². The van der Waals surface area contributed by atoms with E-state index >= 15 is 0 Å². The number of halogens is 1. The van der Waals surface area contributed by atoms with Crippen molar-refractivity contribution in [2.45, 2.75) is 31.9 Å². The van der Waals surface area contributed by atoms with Crippen LogP contribution in [0.2, 0.25) is 5.02 Å². The van der Waals surface area contributed by atoms with Crippen LogP contribution in [0.25, 0.3) is 0 Å². The highest BCUT2D eigenvalue weighted by atomic mass is 35.5. The fraction of sp³-hybridized carbons (Fsp3) is 0.467. The zero-order valence-electron chi connectivity index (χ0n) is 11.7. The summed E-state index contributed by atoms with van der Waals surface area (Å²) in [7, 11) is 0. The molecule has 0 aliphatic carbocycles. The molecule has 0 bridgehead atoms. The fourth-order valence-corrected chi connectivity index (χ4v) is 2.57. The topological polar surface area (TPSA) is 75.6 Å². The van der Waals surface area contributed by atoms with E-state index in [1.807, 2.05) is 6.92 Å². The average Bonchev–Trinajstić information content (AvgIpc) is 2.45. The second-order valence-corrected chi connectivity index (χ2v) is 5.67. The number of carbonyl (C=O) groups is 2. The average molecular weight is 312 g/mol. The number of nitrogens with one attached hydrogen (secondary N) is 1. The number of carbonyl (C=O) groups excluding carboxylic acids is 1. The van der Waals surface area contributed by atoms with Crippen molar-refractivity contribution in [3.63, 3.8) is 0 Å². The van der Waals surface area contributed by atoms with Gasteiger partial charge in [-0.15, -0.1) is 0 Å². The normalized spacial score (nSPS) is 23.3. The Hall–Kier alpha value is -1.59. The van der Waals surface area contributed by atoms with Crippen LogP contribution in [0.4, 0.5) is 0 Å². The van der Waals surface area contributed by atoms with Crippen molar-refractivity contribution in [3.8, 4) is 0 Å². The first-order chi connectivity index (χ1) is 9.97. The second-order valence-electron chi connectivity index (χ2n) is 5.23. The van der Waals surface area contributed by atoms with Crippen LogP contribution in [0.1, 0.15) is 31.4 Å². The predicted octanol–water partition coefficient (Wildman–Crippen LogP) is 2.40. The van der Waals surface area contributed by atoms with E-state index in [0.717, 1.165) is 0 Å². The molecule has 1 aliphatic rings. The van der Waals surface area contributed by atoms with E-state index in [9.17, 15) is 14.7 Å². The molecule has 1 fully saturated rings. The summed E-state index contributed by atoms with van der Waals surface area (Å²) in [5.41, 5.74) is 0.500. The highest BCUT2D eigenvalue weighted by Crippen LogP contribution is 2.22. The molecule has 0 radical (unpaired) electrons. The van der Waals surface area contributed by atoms with Gasteiger partial charge >= 0.3 is 5.97 Å². The molecule has 114 valence electrons. The van der Waals surface area contributed by atoms with E-state index in [4.69, 9.17) is 16.3 Å². The van der Waals surface area contributed by atoms with Gasteiger partial charge in [0.05, 0.1) is 6.10 Å². The lowest BCUT2D eigenvalue weighted by Gasteiger charge is -2.27. The van der Waals surface area contributed by atoms with Gasteiger partial charge in [-0.25, -0.2) is 4.79 Å². The van der Waals surface area contributed by atoms with Crippen LogP contribution in [-0.4, -0.2) is 29.7 Å². The van der Waals surface area contributed by atoms with E-state index in [2.05, 4.69) is 5.32 Å². The quantitative estimate of drug-likeness (QED) is 0.895. The maximum absolute atomic E-state index is 12.2. The lowest BCUT2D eigenvalue weighted by molar-refractivity contribution is -0.143. The van der Waals surface area contributed by atoms with Gasteiger partial charge < -0.3 is 15.2 Å². The van der Waals surface area contributed by atoms with Gasteiger partial charge in [-0.2, -0.15) is 0 Å². The first-order valence-corrected chi connectivity index (χ1v) is 7.25. The first kappa shape index (κ1) is 15.8. The molecule has 6 heteroatoms. The highest BCUT2D eigenvalue weighted by Gasteiger charge is 2.29. The molecule has 0 spiro atoms. The highest BCUT2D eigenvalue weighted by molar-refractivity contribution is 6.30. The molecular formula is C15H18ClNO4. The van der Waals surface area contributed by atoms with Gasteiger partial charge in [0.15, 0.2) is 6.04 Å². The fourth-order valence-electron chi connectivity index (χ4n) is 2.44. The molecule has 3 unspecified atom stereocenters. The van der Waals surface area contributed by atoms with Gasteiger partial charge in [0.25, 0.3) is 0 Å². The second kappa shape index (κ2) is 6.91. The summed E-state index contributed by atoms with van der Waals surface area (Å²) in [6.07, 6.45) is 1.25. The van der Waals surface area contributed by atoms with Crippen molar-refractivity contribution in [1.29, 1.82) is 0 Å². The number of hydrogen-bond acceptors (Lipinski definition) is 3. The number of benzene rings is 1. The van der Waals surface area contributed by atoms with Crippen LogP contribution < -0.4 is 5.32 Å². The Balaban J connectivity index is 2.07. The minimum Gasteiger partial charge on any atom is -0.479 e. The molecule has 1 saturated heterocycles. The maximum atomic E-state index is 12.2. The summed E-state index contributed by atoms with van der Waals surface area (Å²) < 4.78 is 5.40. The number of rotatable bonds is 4. The van der Waals surface area contributed by atoms with Crippen LogP contribution in [-0.2, 0) is 14.3 Å². The molecule has 0 aromatic heterocycles. The Morgan fingerprint density at radius 2 is 2.05 bits per heavy atom. The third kappa shape index (κ3) is 4.19. The van der Waals surface area contributed by atoms with E-state index in [0.29, 0.717) is 30.0 Å². The number of carboxylic acid groups (broad SMARTS) is 1. The number of carboxylic acids is 1. The van der Waals surface area contributed by atoms with E-state index in [1.165, 1.54) is 0 Å². The number of ether oxygens (including phenoxy) is 1. The summed E-state index contributed by atoms with van der Waals surface area (Å²) in [5, 5.41) is 12.4. The van der Waals surface area contributed by atoms with Crippen molar-refractivity contribution in [1.82, 2.24) is 5.32 Å². The maximum Gasteiger partial charge on any atom is 0.330 e. The van der Waals surface area contributed by atoms with Crippen LogP contribution in [0.15, 0.2) is 24.3 Å². The number of amides is 1. The molecule has 2 rings (SSSR count). The molecule has 1 heterocycles. The lowest BCUT2D eigenvalue weighted by Crippen LogP contribution is -2.40. The first-order valence-electron chi connectivity index (χ1n) is 6.87. The molecular weight excluding hydrogens is 294 g/mol. The minimum atomic E-state index is -1.09. The molecule has 1 amide bonds. The van der Waals surface area contributed by atoms with Gasteiger partial charge in [-0.1, -0.05) is 23.7 Å². The lowest BCUT2D eigenvalue weighted by atomic mass is 9.94. The summed E-state index contributed by atoms with van der Waals surface area (Å²) in [6, 6.07) is 5.36. The van der Waals surface area contributed by atoms with Crippen LogP contribution in [0.5, 0.6) is 0 Å². The molecule has 21 heavy (non-hydrogen) atoms. The van der Waals surface area contributed by atoms with E-state index in [1.54, 1.807) is 24.3 Å². The largest absolute Gasteiger partial charge is 0.479 e. The van der Waals surface area contributed by atoms with Crippen molar-refractivity contribution in [2.75, 3.05) is 6.61 Å². The van der Waals surface area contributed by atoms with Crippen molar-refractivity contribution < 1.29 is 19.4 Å². The molecule has 1 aromatic rings. The van der Waals surface area contributed by atoms with Crippen molar-refractivity contribution in [3.05, 3.63) is 34.9 Å². The van der Waals surface area contributed by atoms with E-state index in [-0.39, 0.29) is 17.9 Å². The van der Waals surface area contributed by atoms with Gasteiger partial charge in [0.1, 0.15) is 0 Å². The zero-order valence-corrected chi connectivity index (χ0v) is 12.5. The number of aliphatic carboxylic acids is 1. The third-order valence-electron chi connectivity index (χ3n) is 3.59. The van der Waals surface area contributed by atoms with Crippen LogP contribution in [0, 0.1) is 5.92 Å². The standard InChI is InChI=1S/C15H18ClNO4/c1-9-8-11(6-7-21-9)14(18)17-13(15(19)20)10-2-4-12(16)5-3-10/h2-5,9,11,13H,6-8H2,1H3,(H,17,18)(H,19,20). The third-order valence-corrected chi connectivity index (χ3v) is 3.84.